The number of amides is 1. The first-order valence-corrected chi connectivity index (χ1v) is 10.6. The van der Waals surface area contributed by atoms with Gasteiger partial charge in [-0.15, -0.1) is 0 Å². The number of nitrogens with zero attached hydrogens (tertiary/aromatic N) is 3. The van der Waals surface area contributed by atoms with E-state index in [0.717, 1.165) is 37.0 Å². The number of carbonyl (C=O) groups is 1. The molecule has 2 fully saturated rings. The van der Waals surface area contributed by atoms with Crippen molar-refractivity contribution in [3.63, 3.8) is 0 Å². The molecule has 1 aromatic rings. The van der Waals surface area contributed by atoms with E-state index in [1.165, 1.54) is 11.0 Å². The van der Waals surface area contributed by atoms with Crippen molar-refractivity contribution in [1.29, 1.82) is 5.26 Å². The Kier molecular flexibility index (Phi) is 6.56. The second-order valence-electron chi connectivity index (χ2n) is 7.90. The van der Waals surface area contributed by atoms with Gasteiger partial charge >= 0.3 is 6.18 Å². The standard InChI is InChI=1S/C23H24F3N3OS/c1-3-16(2)8-7-13-28-21(31)29(20(30)22(28)11-5-4-6-12-22)18-10-9-17(15-27)19(14-18)23(24,25)26/h3,7-10,14H,4-6,11-13H2,1-2H3/b8-7-,16-3-. The van der Waals surface area contributed by atoms with Gasteiger partial charge in [0.1, 0.15) is 5.54 Å². The van der Waals surface area contributed by atoms with E-state index in [4.69, 9.17) is 17.5 Å². The van der Waals surface area contributed by atoms with Crippen LogP contribution in [0.25, 0.3) is 0 Å². The van der Waals surface area contributed by atoms with Gasteiger partial charge in [0, 0.05) is 6.54 Å². The number of rotatable bonds is 4. The third-order valence-corrected chi connectivity index (χ3v) is 6.44. The highest BCUT2D eigenvalue weighted by molar-refractivity contribution is 7.80. The highest BCUT2D eigenvalue weighted by Crippen LogP contribution is 2.43. The molecule has 8 heteroatoms. The normalized spacial score (nSPS) is 19.5. The molecule has 0 atom stereocenters. The lowest BCUT2D eigenvalue weighted by molar-refractivity contribution is -0.137. The summed E-state index contributed by atoms with van der Waals surface area (Å²) >= 11 is 5.62. The third-order valence-electron chi connectivity index (χ3n) is 6.03. The number of hydrogen-bond acceptors (Lipinski definition) is 3. The number of benzene rings is 1. The first-order valence-electron chi connectivity index (χ1n) is 10.2. The molecule has 0 radical (unpaired) electrons. The maximum absolute atomic E-state index is 13.6. The second kappa shape index (κ2) is 8.83. The fraction of sp³-hybridized carbons (Fsp3) is 0.435. The van der Waals surface area contributed by atoms with Crippen LogP contribution in [0, 0.1) is 11.3 Å². The first-order chi connectivity index (χ1) is 14.7. The molecule has 4 nitrogen and oxygen atoms in total. The van der Waals surface area contributed by atoms with Gasteiger partial charge in [0.25, 0.3) is 5.91 Å². The Hall–Kier alpha value is -2.66. The van der Waals surface area contributed by atoms with Crippen molar-refractivity contribution in [2.24, 2.45) is 0 Å². The topological polar surface area (TPSA) is 47.3 Å². The summed E-state index contributed by atoms with van der Waals surface area (Å²) in [5.74, 6) is -0.286. The molecule has 1 saturated heterocycles. The molecule has 164 valence electrons. The van der Waals surface area contributed by atoms with E-state index in [-0.39, 0.29) is 16.7 Å². The zero-order valence-corrected chi connectivity index (χ0v) is 18.3. The zero-order valence-electron chi connectivity index (χ0n) is 17.5. The largest absolute Gasteiger partial charge is 0.417 e. The average molecular weight is 448 g/mol. The highest BCUT2D eigenvalue weighted by Gasteiger charge is 2.55. The number of carbonyl (C=O) groups excluding carboxylic acids is 1. The zero-order chi connectivity index (χ0) is 22.8. The van der Waals surface area contributed by atoms with Gasteiger partial charge in [-0.25, -0.2) is 0 Å². The fourth-order valence-corrected chi connectivity index (χ4v) is 4.70. The van der Waals surface area contributed by atoms with Gasteiger partial charge in [-0.1, -0.05) is 43.1 Å². The van der Waals surface area contributed by atoms with Crippen molar-refractivity contribution < 1.29 is 18.0 Å². The number of allylic oxidation sites excluding steroid dienone is 3. The van der Waals surface area contributed by atoms with E-state index in [9.17, 15) is 18.0 Å². The van der Waals surface area contributed by atoms with E-state index in [0.29, 0.717) is 19.4 Å². The predicted molar refractivity (Wildman–Crippen MR) is 117 cm³/mol. The Bertz CT molecular complexity index is 985. The summed E-state index contributed by atoms with van der Waals surface area (Å²) in [6.45, 7) is 4.29. The summed E-state index contributed by atoms with van der Waals surface area (Å²) in [7, 11) is 0. The molecule has 1 spiro atoms. The van der Waals surface area contributed by atoms with Crippen LogP contribution in [0.15, 0.2) is 42.0 Å². The van der Waals surface area contributed by atoms with E-state index >= 15 is 0 Å². The number of halogens is 3. The van der Waals surface area contributed by atoms with Gasteiger partial charge in [0.05, 0.1) is 22.9 Å². The molecule has 1 aromatic carbocycles. The van der Waals surface area contributed by atoms with Crippen LogP contribution in [0.1, 0.15) is 57.1 Å². The van der Waals surface area contributed by atoms with Gasteiger partial charge in [0.15, 0.2) is 5.11 Å². The van der Waals surface area contributed by atoms with Crippen LogP contribution in [0.2, 0.25) is 0 Å². The molecule has 1 heterocycles. The van der Waals surface area contributed by atoms with Crippen LogP contribution >= 0.6 is 12.2 Å². The summed E-state index contributed by atoms with van der Waals surface area (Å²) in [6, 6.07) is 4.88. The van der Waals surface area contributed by atoms with E-state index < -0.39 is 22.8 Å². The van der Waals surface area contributed by atoms with E-state index in [1.54, 1.807) is 6.07 Å². The van der Waals surface area contributed by atoms with E-state index in [1.807, 2.05) is 37.0 Å². The molecule has 1 aliphatic heterocycles. The van der Waals surface area contributed by atoms with Crippen molar-refractivity contribution in [1.82, 2.24) is 4.90 Å². The van der Waals surface area contributed by atoms with Crippen molar-refractivity contribution >= 4 is 28.9 Å². The second-order valence-corrected chi connectivity index (χ2v) is 8.27. The number of thiocarbonyl (C=S) groups is 1. The summed E-state index contributed by atoms with van der Waals surface area (Å²) in [4.78, 5) is 16.7. The van der Waals surface area contributed by atoms with Gasteiger partial charge in [-0.3, -0.25) is 9.69 Å². The van der Waals surface area contributed by atoms with Crippen LogP contribution in [0.4, 0.5) is 18.9 Å². The Morgan fingerprint density at radius 1 is 1.29 bits per heavy atom. The molecule has 0 aromatic heterocycles. The summed E-state index contributed by atoms with van der Waals surface area (Å²) in [5, 5.41) is 9.27. The molecule has 0 N–H and O–H groups in total. The monoisotopic (exact) mass is 447 g/mol. The smallest absolute Gasteiger partial charge is 0.330 e. The minimum absolute atomic E-state index is 0.0439. The van der Waals surface area contributed by atoms with Crippen molar-refractivity contribution in [2.45, 2.75) is 57.7 Å². The molecular formula is C23H24F3N3OS. The number of hydrogen-bond donors (Lipinski definition) is 0. The summed E-state index contributed by atoms with van der Waals surface area (Å²) < 4.78 is 40.5. The van der Waals surface area contributed by atoms with Crippen molar-refractivity contribution in [3.05, 3.63) is 53.1 Å². The maximum Gasteiger partial charge on any atom is 0.417 e. The lowest BCUT2D eigenvalue weighted by Crippen LogP contribution is -2.51. The third kappa shape index (κ3) is 4.24. The molecule has 31 heavy (non-hydrogen) atoms. The van der Waals surface area contributed by atoms with Crippen LogP contribution < -0.4 is 4.90 Å². The Morgan fingerprint density at radius 2 is 1.97 bits per heavy atom. The number of alkyl halides is 3. The van der Waals surface area contributed by atoms with Crippen molar-refractivity contribution in [2.75, 3.05) is 11.4 Å². The Labute approximate surface area is 185 Å². The average Bonchev–Trinajstić information content (AvgIpc) is 2.94. The van der Waals surface area contributed by atoms with E-state index in [2.05, 4.69) is 0 Å². The molecule has 1 amide bonds. The van der Waals surface area contributed by atoms with Gasteiger partial charge < -0.3 is 4.90 Å². The highest BCUT2D eigenvalue weighted by atomic mass is 32.1. The fourth-order valence-electron chi connectivity index (χ4n) is 4.26. The molecule has 0 bridgehead atoms. The molecule has 0 unspecified atom stereocenters. The molecule has 3 rings (SSSR count). The Morgan fingerprint density at radius 3 is 2.55 bits per heavy atom. The van der Waals surface area contributed by atoms with Crippen LogP contribution in [0.5, 0.6) is 0 Å². The van der Waals surface area contributed by atoms with Crippen LogP contribution in [-0.2, 0) is 11.0 Å². The Balaban J connectivity index is 2.04. The maximum atomic E-state index is 13.6. The quantitative estimate of drug-likeness (QED) is 0.437. The molecule has 1 saturated carbocycles. The molecular weight excluding hydrogens is 423 g/mol. The van der Waals surface area contributed by atoms with Gasteiger partial charge in [-0.2, -0.15) is 18.4 Å². The predicted octanol–water partition coefficient (Wildman–Crippen LogP) is 5.74. The molecule has 1 aliphatic carbocycles. The van der Waals surface area contributed by atoms with Gasteiger partial charge in [-0.05, 0) is 57.1 Å². The first kappa shape index (κ1) is 23.0. The minimum atomic E-state index is -4.71. The van der Waals surface area contributed by atoms with Gasteiger partial charge in [0.2, 0.25) is 0 Å². The van der Waals surface area contributed by atoms with Crippen LogP contribution in [-0.4, -0.2) is 28.0 Å². The van der Waals surface area contributed by atoms with Crippen LogP contribution in [0.3, 0.4) is 0 Å². The lowest BCUT2D eigenvalue weighted by atomic mass is 9.80. The number of anilines is 1. The minimum Gasteiger partial charge on any atom is -0.330 e. The lowest BCUT2D eigenvalue weighted by Gasteiger charge is -2.38. The number of nitriles is 1. The summed E-state index contributed by atoms with van der Waals surface area (Å²) in [5.41, 5.74) is -1.28. The molecule has 2 aliphatic rings. The van der Waals surface area contributed by atoms with Crippen molar-refractivity contribution in [3.8, 4) is 6.07 Å². The SMILES string of the molecule is C/C=C(C)\C=C/CN1C(=S)N(c2ccc(C#N)c(C(F)(F)F)c2)C(=O)C12CCCCC2. The summed E-state index contributed by atoms with van der Waals surface area (Å²) in [6.07, 6.45) is 5.07.